The van der Waals surface area contributed by atoms with Crippen molar-refractivity contribution >= 4 is 21.7 Å². The van der Waals surface area contributed by atoms with Gasteiger partial charge >= 0.3 is 18.8 Å². The van der Waals surface area contributed by atoms with Crippen LogP contribution >= 0.6 is 0 Å². The van der Waals surface area contributed by atoms with Crippen molar-refractivity contribution < 1.29 is 49.7 Å². The second kappa shape index (κ2) is 9.62. The fourth-order valence-corrected chi connectivity index (χ4v) is 5.03. The van der Waals surface area contributed by atoms with Gasteiger partial charge in [0.05, 0.1) is 12.8 Å². The number of ether oxygens (including phenoxy) is 2. The first kappa shape index (κ1) is 25.5. The quantitative estimate of drug-likeness (QED) is 0.499. The Morgan fingerprint density at radius 2 is 1.82 bits per heavy atom. The molecule has 2 aromatic rings. The number of carboxylic acids is 1. The lowest BCUT2D eigenvalue weighted by molar-refractivity contribution is -0.192. The lowest BCUT2D eigenvalue weighted by Crippen LogP contribution is -2.21. The summed E-state index contributed by atoms with van der Waals surface area (Å²) in [6.07, 6.45) is -3.15. The third-order valence-electron chi connectivity index (χ3n) is 5.15. The summed E-state index contributed by atoms with van der Waals surface area (Å²) >= 11 is 0. The Balaban J connectivity index is 0.000000406. The lowest BCUT2D eigenvalue weighted by Gasteiger charge is -2.19. The molecule has 2 aliphatic rings. The van der Waals surface area contributed by atoms with E-state index in [9.17, 15) is 30.4 Å². The number of carbonyl (C=O) groups is 1. The normalized spacial score (nSPS) is 18.7. The van der Waals surface area contributed by atoms with E-state index in [1.54, 1.807) is 12.1 Å². The molecule has 0 aromatic heterocycles. The van der Waals surface area contributed by atoms with E-state index in [0.29, 0.717) is 5.69 Å². The van der Waals surface area contributed by atoms with Crippen LogP contribution in [0, 0.1) is 0 Å². The van der Waals surface area contributed by atoms with Gasteiger partial charge in [-0.25, -0.2) is 13.2 Å². The minimum absolute atomic E-state index is 0.0889. The number of benzene rings is 2. The Bertz CT molecular complexity index is 1170. The molecule has 1 saturated heterocycles. The maximum atomic E-state index is 13.0. The van der Waals surface area contributed by atoms with Crippen LogP contribution in [0.4, 0.5) is 27.6 Å². The molecule has 2 bridgehead atoms. The van der Waals surface area contributed by atoms with E-state index in [1.165, 1.54) is 13.2 Å². The molecule has 0 aliphatic carbocycles. The zero-order chi connectivity index (χ0) is 25.3. The van der Waals surface area contributed by atoms with Crippen LogP contribution in [0.5, 0.6) is 11.5 Å². The number of carboxylic acid groups (broad SMARTS) is 1. The van der Waals surface area contributed by atoms with E-state index < -0.39 is 39.4 Å². The molecular weight excluding hydrogens is 491 g/mol. The Morgan fingerprint density at radius 1 is 1.18 bits per heavy atom. The van der Waals surface area contributed by atoms with Crippen LogP contribution in [0.2, 0.25) is 0 Å². The predicted octanol–water partition coefficient (Wildman–Crippen LogP) is 4.21. The molecule has 0 radical (unpaired) electrons. The van der Waals surface area contributed by atoms with Crippen LogP contribution in [0.3, 0.4) is 0 Å². The van der Waals surface area contributed by atoms with Gasteiger partial charge in [0.25, 0.3) is 10.0 Å². The zero-order valence-electron chi connectivity index (χ0n) is 17.4. The average Bonchev–Trinajstić information content (AvgIpc) is 3.36. The molecule has 2 atom stereocenters. The predicted molar refractivity (Wildman–Crippen MR) is 108 cm³/mol. The van der Waals surface area contributed by atoms with E-state index in [1.807, 2.05) is 6.07 Å². The summed E-state index contributed by atoms with van der Waals surface area (Å²) in [5.74, 6) is -2.98. The lowest BCUT2D eigenvalue weighted by atomic mass is 9.91. The van der Waals surface area contributed by atoms with Crippen molar-refractivity contribution in [3.8, 4) is 11.5 Å². The van der Waals surface area contributed by atoms with E-state index >= 15 is 0 Å². The average molecular weight is 510 g/mol. The smallest absolute Gasteiger partial charge is 0.490 e. The molecule has 186 valence electrons. The molecule has 0 spiro atoms. The van der Waals surface area contributed by atoms with Crippen LogP contribution in [-0.2, 0) is 14.8 Å². The first-order valence-electron chi connectivity index (χ1n) is 9.68. The summed E-state index contributed by atoms with van der Waals surface area (Å²) in [6.45, 7) is -3.15. The molecule has 2 aromatic carbocycles. The van der Waals surface area contributed by atoms with Gasteiger partial charge < -0.3 is 19.9 Å². The Hall–Kier alpha value is -3.13. The largest absolute Gasteiger partial charge is 0.497 e. The topological polar surface area (TPSA) is 114 Å². The van der Waals surface area contributed by atoms with Gasteiger partial charge in [0.1, 0.15) is 16.4 Å². The molecule has 34 heavy (non-hydrogen) atoms. The summed E-state index contributed by atoms with van der Waals surface area (Å²) in [6, 6.07) is 9.41. The van der Waals surface area contributed by atoms with E-state index in [4.69, 9.17) is 14.6 Å². The van der Waals surface area contributed by atoms with Gasteiger partial charge in [0, 0.05) is 18.2 Å². The molecule has 14 heteroatoms. The Morgan fingerprint density at radius 3 is 2.41 bits per heavy atom. The Labute approximate surface area is 190 Å². The molecule has 1 fully saturated rings. The number of hydrogen-bond donors (Lipinski definition) is 3. The molecular formula is C20H19F5N2O6S. The zero-order valence-corrected chi connectivity index (χ0v) is 18.2. The Kier molecular flexibility index (Phi) is 7.21. The van der Waals surface area contributed by atoms with Crippen molar-refractivity contribution in [1.29, 1.82) is 0 Å². The SMILES string of the molecule is COc1ccc(OC(F)F)c(S(=O)(=O)Nc2cccc3c2C2CCC3N2)c1.O=C(O)C(F)(F)F. The number of fused-ring (bicyclic) bond motifs is 5. The van der Waals surface area contributed by atoms with Gasteiger partial charge in [-0.15, -0.1) is 0 Å². The number of anilines is 1. The summed E-state index contributed by atoms with van der Waals surface area (Å²) < 4.78 is 95.0. The third-order valence-corrected chi connectivity index (χ3v) is 6.54. The molecule has 3 N–H and O–H groups in total. The van der Waals surface area contributed by atoms with E-state index in [-0.39, 0.29) is 17.8 Å². The molecule has 2 heterocycles. The fraction of sp³-hybridized carbons (Fsp3) is 0.350. The molecule has 0 saturated carbocycles. The van der Waals surface area contributed by atoms with Gasteiger partial charge in [0.15, 0.2) is 0 Å². The monoisotopic (exact) mass is 510 g/mol. The second-order valence-corrected chi connectivity index (χ2v) is 8.91. The first-order chi connectivity index (χ1) is 15.8. The highest BCUT2D eigenvalue weighted by Gasteiger charge is 2.39. The summed E-state index contributed by atoms with van der Waals surface area (Å²) in [5.41, 5.74) is 2.43. The first-order valence-corrected chi connectivity index (χ1v) is 11.2. The van der Waals surface area contributed by atoms with Gasteiger partial charge in [-0.3, -0.25) is 4.72 Å². The number of nitrogens with one attached hydrogen (secondary N) is 2. The fourth-order valence-electron chi connectivity index (χ4n) is 3.80. The highest BCUT2D eigenvalue weighted by atomic mass is 32.2. The summed E-state index contributed by atoms with van der Waals surface area (Å²) in [4.78, 5) is 8.49. The van der Waals surface area contributed by atoms with Crippen LogP contribution < -0.4 is 19.5 Å². The molecule has 2 aliphatic heterocycles. The maximum absolute atomic E-state index is 13.0. The number of hydrogen-bond acceptors (Lipinski definition) is 6. The van der Waals surface area contributed by atoms with E-state index in [2.05, 4.69) is 14.8 Å². The number of aliphatic carboxylic acids is 1. The van der Waals surface area contributed by atoms with Crippen LogP contribution in [0.15, 0.2) is 41.3 Å². The number of methoxy groups -OCH3 is 1. The van der Waals surface area contributed by atoms with Crippen molar-refractivity contribution in [2.24, 2.45) is 0 Å². The standard InChI is InChI=1S/C18H18F2N2O4S.C2HF3O2/c1-25-10-5-8-15(26-18(19)20)16(9-10)27(23,24)22-14-4-2-3-11-12-6-7-13(21-12)17(11)14;3-2(4,5)1(6)7/h2-5,8-9,12-13,18,21-22H,6-7H2,1H3;(H,6,7). The number of rotatable bonds is 6. The minimum atomic E-state index is -5.08. The second-order valence-electron chi connectivity index (χ2n) is 7.26. The molecule has 8 nitrogen and oxygen atoms in total. The van der Waals surface area contributed by atoms with E-state index in [0.717, 1.165) is 36.1 Å². The number of halogens is 5. The highest BCUT2D eigenvalue weighted by Crippen LogP contribution is 2.48. The van der Waals surface area contributed by atoms with Crippen LogP contribution in [0.1, 0.15) is 36.1 Å². The minimum Gasteiger partial charge on any atom is -0.497 e. The molecule has 0 amide bonds. The van der Waals surface area contributed by atoms with Gasteiger partial charge in [-0.05, 0) is 42.2 Å². The molecule has 2 unspecified atom stereocenters. The van der Waals surface area contributed by atoms with Crippen molar-refractivity contribution in [2.45, 2.75) is 42.6 Å². The van der Waals surface area contributed by atoms with Crippen molar-refractivity contribution in [3.05, 3.63) is 47.5 Å². The maximum Gasteiger partial charge on any atom is 0.490 e. The summed E-state index contributed by atoms with van der Waals surface area (Å²) in [7, 11) is -2.82. The summed E-state index contributed by atoms with van der Waals surface area (Å²) in [5, 5.41) is 10.6. The van der Waals surface area contributed by atoms with Gasteiger partial charge in [-0.1, -0.05) is 12.1 Å². The van der Waals surface area contributed by atoms with Crippen molar-refractivity contribution in [3.63, 3.8) is 0 Å². The van der Waals surface area contributed by atoms with Gasteiger partial charge in [-0.2, -0.15) is 22.0 Å². The number of alkyl halides is 5. The van der Waals surface area contributed by atoms with Crippen LogP contribution in [0.25, 0.3) is 0 Å². The highest BCUT2D eigenvalue weighted by molar-refractivity contribution is 7.92. The van der Waals surface area contributed by atoms with Gasteiger partial charge in [0.2, 0.25) is 0 Å². The number of sulfonamides is 1. The van der Waals surface area contributed by atoms with Crippen molar-refractivity contribution in [2.75, 3.05) is 11.8 Å². The third kappa shape index (κ3) is 5.50. The van der Waals surface area contributed by atoms with Crippen LogP contribution in [-0.4, -0.2) is 39.4 Å². The molecule has 4 rings (SSSR count). The van der Waals surface area contributed by atoms with Crippen molar-refractivity contribution in [1.82, 2.24) is 5.32 Å².